The number of carbonyl (C=O) groups is 2. The van der Waals surface area contributed by atoms with Crippen LogP contribution in [0.5, 0.6) is 0 Å². The molecule has 24 heavy (non-hydrogen) atoms. The molecule has 1 atom stereocenters. The third kappa shape index (κ3) is 6.80. The number of carbonyl (C=O) groups excluding carboxylic acids is 2. The van der Waals surface area contributed by atoms with Crippen molar-refractivity contribution in [3.63, 3.8) is 0 Å². The molecule has 1 fully saturated rings. The third-order valence-electron chi connectivity index (χ3n) is 5.14. The lowest BCUT2D eigenvalue weighted by atomic mass is 9.79. The fourth-order valence-electron chi connectivity index (χ4n) is 3.55. The van der Waals surface area contributed by atoms with Crippen molar-refractivity contribution in [1.29, 1.82) is 0 Å². The minimum absolute atomic E-state index is 0.101. The molecule has 0 radical (unpaired) electrons. The molecule has 1 amide bonds. The summed E-state index contributed by atoms with van der Waals surface area (Å²) in [4.78, 5) is 26.4. The summed E-state index contributed by atoms with van der Waals surface area (Å²) in [5, 5.41) is 0. The van der Waals surface area contributed by atoms with Gasteiger partial charge in [0.05, 0.1) is 19.6 Å². The van der Waals surface area contributed by atoms with E-state index in [4.69, 9.17) is 9.47 Å². The zero-order valence-electron chi connectivity index (χ0n) is 15.9. The summed E-state index contributed by atoms with van der Waals surface area (Å²) >= 11 is 0. The molecule has 0 aromatic heterocycles. The van der Waals surface area contributed by atoms with Crippen molar-refractivity contribution in [2.24, 2.45) is 17.8 Å². The van der Waals surface area contributed by atoms with Gasteiger partial charge in [-0.05, 0) is 31.6 Å². The zero-order valence-corrected chi connectivity index (χ0v) is 15.9. The maximum Gasteiger partial charge on any atom is 0.310 e. The number of amides is 1. The Morgan fingerprint density at radius 2 is 1.83 bits per heavy atom. The van der Waals surface area contributed by atoms with Crippen molar-refractivity contribution in [1.82, 2.24) is 4.90 Å². The summed E-state index contributed by atoms with van der Waals surface area (Å²) in [5.41, 5.74) is 0. The Bertz CT molecular complexity index is 378. The summed E-state index contributed by atoms with van der Waals surface area (Å²) in [5.74, 6) is 0.488. The van der Waals surface area contributed by atoms with Crippen molar-refractivity contribution < 1.29 is 19.1 Å². The van der Waals surface area contributed by atoms with E-state index >= 15 is 0 Å². The summed E-state index contributed by atoms with van der Waals surface area (Å²) in [6, 6.07) is 0. The van der Waals surface area contributed by atoms with E-state index in [1.807, 2.05) is 0 Å². The molecule has 0 N–H and O–H groups in total. The monoisotopic (exact) mass is 341 g/mol. The molecule has 0 bridgehead atoms. The van der Waals surface area contributed by atoms with Gasteiger partial charge in [0.15, 0.2) is 0 Å². The standard InChI is InChI=1S/C19H35NO4/c1-5-6-7-16-8-10-17(11-9-16)18(21)20(12-13-23-3)14-15(2)19(22)24-4/h15-17H,5-14H2,1-4H3. The van der Waals surface area contributed by atoms with Crippen LogP contribution in [0.25, 0.3) is 0 Å². The van der Waals surface area contributed by atoms with Gasteiger partial charge in [0.2, 0.25) is 5.91 Å². The van der Waals surface area contributed by atoms with E-state index in [0.29, 0.717) is 19.7 Å². The van der Waals surface area contributed by atoms with Crippen LogP contribution in [0.3, 0.4) is 0 Å². The smallest absolute Gasteiger partial charge is 0.310 e. The first kappa shape index (κ1) is 20.9. The highest BCUT2D eigenvalue weighted by Gasteiger charge is 2.30. The zero-order chi connectivity index (χ0) is 17.9. The summed E-state index contributed by atoms with van der Waals surface area (Å²) in [7, 11) is 3.02. The molecule has 0 heterocycles. The second-order valence-electron chi connectivity index (χ2n) is 7.06. The van der Waals surface area contributed by atoms with Crippen LogP contribution < -0.4 is 0 Å². The molecular formula is C19H35NO4. The van der Waals surface area contributed by atoms with Crippen LogP contribution in [0.1, 0.15) is 58.8 Å². The van der Waals surface area contributed by atoms with Gasteiger partial charge in [0.25, 0.3) is 0 Å². The van der Waals surface area contributed by atoms with E-state index in [9.17, 15) is 9.59 Å². The lowest BCUT2D eigenvalue weighted by Crippen LogP contribution is -2.43. The van der Waals surface area contributed by atoms with Gasteiger partial charge in [0, 0.05) is 26.1 Å². The molecule has 0 saturated heterocycles. The van der Waals surface area contributed by atoms with E-state index in [0.717, 1.165) is 31.6 Å². The van der Waals surface area contributed by atoms with Gasteiger partial charge in [-0.1, -0.05) is 33.1 Å². The topological polar surface area (TPSA) is 55.8 Å². The molecule has 0 aromatic rings. The number of esters is 1. The van der Waals surface area contributed by atoms with Crippen molar-refractivity contribution >= 4 is 11.9 Å². The fraction of sp³-hybridized carbons (Fsp3) is 0.895. The first-order valence-electron chi connectivity index (χ1n) is 9.38. The van der Waals surface area contributed by atoms with Crippen LogP contribution in [-0.2, 0) is 19.1 Å². The lowest BCUT2D eigenvalue weighted by Gasteiger charge is -2.33. The number of methoxy groups -OCH3 is 2. The van der Waals surface area contributed by atoms with Crippen LogP contribution in [0.15, 0.2) is 0 Å². The Morgan fingerprint density at radius 1 is 1.17 bits per heavy atom. The molecular weight excluding hydrogens is 306 g/mol. The Balaban J connectivity index is 2.56. The molecule has 140 valence electrons. The van der Waals surface area contributed by atoms with E-state index in [-0.39, 0.29) is 23.7 Å². The Labute approximate surface area is 147 Å². The third-order valence-corrected chi connectivity index (χ3v) is 5.14. The average molecular weight is 341 g/mol. The second-order valence-corrected chi connectivity index (χ2v) is 7.06. The maximum atomic E-state index is 12.9. The van der Waals surface area contributed by atoms with Crippen molar-refractivity contribution in [2.75, 3.05) is 33.9 Å². The lowest BCUT2D eigenvalue weighted by molar-refractivity contribution is -0.147. The molecule has 0 spiro atoms. The van der Waals surface area contributed by atoms with Gasteiger partial charge in [0.1, 0.15) is 0 Å². The quantitative estimate of drug-likeness (QED) is 0.572. The van der Waals surface area contributed by atoms with Crippen molar-refractivity contribution in [2.45, 2.75) is 58.8 Å². The molecule has 0 aromatic carbocycles. The van der Waals surface area contributed by atoms with E-state index in [2.05, 4.69) is 6.92 Å². The van der Waals surface area contributed by atoms with Gasteiger partial charge in [-0.3, -0.25) is 9.59 Å². The molecule has 1 saturated carbocycles. The Hall–Kier alpha value is -1.10. The number of ether oxygens (including phenoxy) is 2. The minimum Gasteiger partial charge on any atom is -0.469 e. The van der Waals surface area contributed by atoms with Crippen LogP contribution >= 0.6 is 0 Å². The van der Waals surface area contributed by atoms with Gasteiger partial charge in [-0.2, -0.15) is 0 Å². The highest BCUT2D eigenvalue weighted by molar-refractivity contribution is 5.80. The van der Waals surface area contributed by atoms with E-state index in [1.165, 1.54) is 26.4 Å². The van der Waals surface area contributed by atoms with Gasteiger partial charge < -0.3 is 14.4 Å². The minimum atomic E-state index is -0.309. The van der Waals surface area contributed by atoms with Crippen molar-refractivity contribution in [3.8, 4) is 0 Å². The normalized spacial score (nSPS) is 22.0. The molecule has 5 nitrogen and oxygen atoms in total. The van der Waals surface area contributed by atoms with Crippen LogP contribution in [-0.4, -0.2) is 50.7 Å². The van der Waals surface area contributed by atoms with E-state index < -0.39 is 0 Å². The first-order valence-corrected chi connectivity index (χ1v) is 9.38. The largest absolute Gasteiger partial charge is 0.469 e. The highest BCUT2D eigenvalue weighted by atomic mass is 16.5. The van der Waals surface area contributed by atoms with Gasteiger partial charge in [-0.15, -0.1) is 0 Å². The SMILES string of the molecule is CCCCC1CCC(C(=O)N(CCOC)CC(C)C(=O)OC)CC1. The predicted molar refractivity (Wildman–Crippen MR) is 94.6 cm³/mol. The van der Waals surface area contributed by atoms with E-state index in [1.54, 1.807) is 18.9 Å². The molecule has 1 unspecified atom stereocenters. The number of rotatable bonds is 10. The molecule has 0 aliphatic heterocycles. The summed E-state index contributed by atoms with van der Waals surface area (Å²) in [6.45, 7) is 5.47. The molecule has 1 aliphatic carbocycles. The number of hydrogen-bond acceptors (Lipinski definition) is 4. The fourth-order valence-corrected chi connectivity index (χ4v) is 3.55. The van der Waals surface area contributed by atoms with Crippen LogP contribution in [0.2, 0.25) is 0 Å². The van der Waals surface area contributed by atoms with Gasteiger partial charge in [-0.25, -0.2) is 0 Å². The Kier molecular flexibility index (Phi) is 9.99. The highest BCUT2D eigenvalue weighted by Crippen LogP contribution is 2.33. The van der Waals surface area contributed by atoms with Crippen LogP contribution in [0.4, 0.5) is 0 Å². The van der Waals surface area contributed by atoms with Crippen molar-refractivity contribution in [3.05, 3.63) is 0 Å². The molecule has 5 heteroatoms. The summed E-state index contributed by atoms with van der Waals surface area (Å²) in [6.07, 6.45) is 8.09. The maximum absolute atomic E-state index is 12.9. The molecule has 1 rings (SSSR count). The van der Waals surface area contributed by atoms with Crippen LogP contribution in [0, 0.1) is 17.8 Å². The predicted octanol–water partition coefficient (Wildman–Crippen LogP) is 3.27. The average Bonchev–Trinajstić information content (AvgIpc) is 2.62. The number of unbranched alkanes of at least 4 members (excludes halogenated alkanes) is 1. The molecule has 1 aliphatic rings. The first-order chi connectivity index (χ1) is 11.5. The summed E-state index contributed by atoms with van der Waals surface area (Å²) < 4.78 is 9.92. The van der Waals surface area contributed by atoms with Gasteiger partial charge >= 0.3 is 5.97 Å². The number of hydrogen-bond donors (Lipinski definition) is 0. The Morgan fingerprint density at radius 3 is 2.38 bits per heavy atom. The second kappa shape index (κ2) is 11.5. The number of nitrogens with zero attached hydrogens (tertiary/aromatic N) is 1.